The molecule has 0 radical (unpaired) electrons. The highest BCUT2D eigenvalue weighted by Gasteiger charge is 2.34. The fourth-order valence-corrected chi connectivity index (χ4v) is 2.01. The maximum Gasteiger partial charge on any atom is 0.327 e. The lowest BCUT2D eigenvalue weighted by Gasteiger charge is -2.18. The first-order valence-corrected chi connectivity index (χ1v) is 6.40. The summed E-state index contributed by atoms with van der Waals surface area (Å²) in [6.45, 7) is 1.99. The van der Waals surface area contributed by atoms with Crippen molar-refractivity contribution in [3.8, 4) is 5.75 Å². The monoisotopic (exact) mass is 278 g/mol. The van der Waals surface area contributed by atoms with Gasteiger partial charge in [0, 0.05) is 7.05 Å². The smallest absolute Gasteiger partial charge is 0.327 e. The summed E-state index contributed by atoms with van der Waals surface area (Å²) in [4.78, 5) is 25.6. The van der Waals surface area contributed by atoms with E-state index in [1.165, 1.54) is 4.90 Å². The number of nitrogens with zero attached hydrogens (tertiary/aromatic N) is 2. The molecule has 1 aliphatic heterocycles. The Morgan fingerprint density at radius 3 is 2.75 bits per heavy atom. The molecule has 1 aliphatic rings. The fraction of sp³-hybridized carbons (Fsp3) is 0.429. The number of rotatable bonds is 5. The van der Waals surface area contributed by atoms with E-state index < -0.39 is 6.10 Å². The van der Waals surface area contributed by atoms with E-state index in [1.807, 2.05) is 25.1 Å². The molecule has 20 heavy (non-hydrogen) atoms. The molecule has 0 bridgehead atoms. The molecule has 0 aromatic heterocycles. The number of ether oxygens (including phenoxy) is 1. The molecule has 6 heteroatoms. The molecular weight excluding hydrogens is 260 g/mol. The van der Waals surface area contributed by atoms with E-state index in [2.05, 4.69) is 0 Å². The minimum absolute atomic E-state index is 0.0320. The van der Waals surface area contributed by atoms with Gasteiger partial charge in [-0.05, 0) is 24.6 Å². The Kier molecular flexibility index (Phi) is 4.24. The van der Waals surface area contributed by atoms with E-state index >= 15 is 0 Å². The van der Waals surface area contributed by atoms with Crippen molar-refractivity contribution in [1.82, 2.24) is 9.80 Å². The van der Waals surface area contributed by atoms with Gasteiger partial charge in [0.1, 0.15) is 25.0 Å². The van der Waals surface area contributed by atoms with E-state index in [9.17, 15) is 14.7 Å². The first-order chi connectivity index (χ1) is 9.47. The molecular formula is C14H18N2O4. The van der Waals surface area contributed by atoms with Gasteiger partial charge in [0.05, 0.1) is 6.54 Å². The van der Waals surface area contributed by atoms with Crippen LogP contribution in [-0.2, 0) is 4.79 Å². The van der Waals surface area contributed by atoms with E-state index in [4.69, 9.17) is 4.74 Å². The predicted molar refractivity (Wildman–Crippen MR) is 72.4 cm³/mol. The molecule has 2 rings (SSSR count). The Bertz CT molecular complexity index is 518. The number of imide groups is 1. The SMILES string of the molecule is Cc1cccc(OC[C@@H](O)CN2C(=O)CN(C)C2=O)c1. The number of aryl methyl sites for hydroxylation is 1. The third kappa shape index (κ3) is 3.27. The van der Waals surface area contributed by atoms with Crippen molar-refractivity contribution in [2.45, 2.75) is 13.0 Å². The van der Waals surface area contributed by atoms with E-state index in [1.54, 1.807) is 13.1 Å². The Labute approximate surface area is 117 Å². The molecule has 1 atom stereocenters. The second-order valence-electron chi connectivity index (χ2n) is 4.92. The quantitative estimate of drug-likeness (QED) is 0.802. The van der Waals surface area contributed by atoms with Gasteiger partial charge in [0.25, 0.3) is 0 Å². The number of aliphatic hydroxyl groups excluding tert-OH is 1. The van der Waals surface area contributed by atoms with Crippen LogP contribution in [0.4, 0.5) is 4.79 Å². The van der Waals surface area contributed by atoms with Crippen LogP contribution in [0.2, 0.25) is 0 Å². The highest BCUT2D eigenvalue weighted by atomic mass is 16.5. The van der Waals surface area contributed by atoms with Crippen LogP contribution in [-0.4, -0.2) is 59.7 Å². The minimum Gasteiger partial charge on any atom is -0.491 e. The number of benzene rings is 1. The number of amides is 3. The first-order valence-electron chi connectivity index (χ1n) is 6.40. The van der Waals surface area contributed by atoms with Gasteiger partial charge in [-0.15, -0.1) is 0 Å². The van der Waals surface area contributed by atoms with Crippen LogP contribution in [0, 0.1) is 6.92 Å². The lowest BCUT2D eigenvalue weighted by atomic mass is 10.2. The third-order valence-corrected chi connectivity index (χ3v) is 3.06. The van der Waals surface area contributed by atoms with Crippen LogP contribution in [0.1, 0.15) is 5.56 Å². The molecule has 0 unspecified atom stereocenters. The van der Waals surface area contributed by atoms with Crippen molar-refractivity contribution in [3.63, 3.8) is 0 Å². The average Bonchev–Trinajstić information content (AvgIpc) is 2.63. The summed E-state index contributed by atoms with van der Waals surface area (Å²) < 4.78 is 5.44. The van der Waals surface area contributed by atoms with E-state index in [0.29, 0.717) is 5.75 Å². The Hall–Kier alpha value is -2.08. The second kappa shape index (κ2) is 5.92. The summed E-state index contributed by atoms with van der Waals surface area (Å²) in [5.41, 5.74) is 1.06. The number of likely N-dealkylation sites (N-methyl/N-ethyl adjacent to an activating group) is 1. The summed E-state index contributed by atoms with van der Waals surface area (Å²) >= 11 is 0. The molecule has 1 aromatic rings. The van der Waals surface area contributed by atoms with Crippen molar-refractivity contribution >= 4 is 11.9 Å². The maximum atomic E-state index is 11.6. The molecule has 1 heterocycles. The molecule has 1 saturated heterocycles. The number of hydrogen-bond acceptors (Lipinski definition) is 4. The van der Waals surface area contributed by atoms with Gasteiger partial charge in [0.2, 0.25) is 5.91 Å². The largest absolute Gasteiger partial charge is 0.491 e. The molecule has 1 fully saturated rings. The second-order valence-corrected chi connectivity index (χ2v) is 4.92. The van der Waals surface area contributed by atoms with Crippen LogP contribution in [0.25, 0.3) is 0 Å². The van der Waals surface area contributed by atoms with Crippen LogP contribution >= 0.6 is 0 Å². The van der Waals surface area contributed by atoms with E-state index in [0.717, 1.165) is 10.5 Å². The Morgan fingerprint density at radius 2 is 2.15 bits per heavy atom. The zero-order valence-corrected chi connectivity index (χ0v) is 11.6. The fourth-order valence-electron chi connectivity index (χ4n) is 2.01. The van der Waals surface area contributed by atoms with Crippen molar-refractivity contribution in [1.29, 1.82) is 0 Å². The van der Waals surface area contributed by atoms with Crippen molar-refractivity contribution < 1.29 is 19.4 Å². The average molecular weight is 278 g/mol. The van der Waals surface area contributed by atoms with E-state index in [-0.39, 0.29) is 31.6 Å². The molecule has 0 saturated carbocycles. The highest BCUT2D eigenvalue weighted by Crippen LogP contribution is 2.13. The summed E-state index contributed by atoms with van der Waals surface area (Å²) in [5, 5.41) is 9.87. The normalized spacial score (nSPS) is 16.8. The zero-order valence-electron chi connectivity index (χ0n) is 11.6. The van der Waals surface area contributed by atoms with Crippen LogP contribution in [0.15, 0.2) is 24.3 Å². The van der Waals surface area contributed by atoms with Crippen LogP contribution in [0.3, 0.4) is 0 Å². The Morgan fingerprint density at radius 1 is 1.40 bits per heavy atom. The summed E-state index contributed by atoms with van der Waals surface area (Å²) in [7, 11) is 1.55. The molecule has 0 spiro atoms. The number of carbonyl (C=O) groups is 2. The molecule has 6 nitrogen and oxygen atoms in total. The number of hydrogen-bond donors (Lipinski definition) is 1. The van der Waals surface area contributed by atoms with Crippen molar-refractivity contribution in [2.75, 3.05) is 26.7 Å². The summed E-state index contributed by atoms with van der Waals surface area (Å²) in [6, 6.07) is 7.07. The summed E-state index contributed by atoms with van der Waals surface area (Å²) in [5.74, 6) is 0.354. The van der Waals surface area contributed by atoms with Gasteiger partial charge in [-0.3, -0.25) is 9.69 Å². The lowest BCUT2D eigenvalue weighted by Crippen LogP contribution is -2.40. The number of carbonyl (C=O) groups excluding carboxylic acids is 2. The minimum atomic E-state index is -0.907. The summed E-state index contributed by atoms with van der Waals surface area (Å²) in [6.07, 6.45) is -0.907. The standard InChI is InChI=1S/C14H18N2O4/c1-10-4-3-5-12(6-10)20-9-11(17)7-16-13(18)8-15(2)14(16)19/h3-6,11,17H,7-9H2,1-2H3/t11-/m0/s1. The predicted octanol–water partition coefficient (Wildman–Crippen LogP) is 0.629. The molecule has 108 valence electrons. The van der Waals surface area contributed by atoms with Gasteiger partial charge < -0.3 is 14.7 Å². The first kappa shape index (κ1) is 14.3. The molecule has 1 aromatic carbocycles. The van der Waals surface area contributed by atoms with Crippen LogP contribution < -0.4 is 4.74 Å². The number of β-amino-alcohol motifs (C(OH)–C–C–N with tert-alkyl or cyclic N) is 1. The van der Waals surface area contributed by atoms with Gasteiger partial charge in [-0.1, -0.05) is 12.1 Å². The topological polar surface area (TPSA) is 70.1 Å². The van der Waals surface area contributed by atoms with Gasteiger partial charge >= 0.3 is 6.03 Å². The maximum absolute atomic E-state index is 11.6. The molecule has 1 N–H and O–H groups in total. The highest BCUT2D eigenvalue weighted by molar-refractivity contribution is 6.01. The van der Waals surface area contributed by atoms with Gasteiger partial charge in [-0.2, -0.15) is 0 Å². The van der Waals surface area contributed by atoms with Crippen molar-refractivity contribution in [3.05, 3.63) is 29.8 Å². The van der Waals surface area contributed by atoms with Gasteiger partial charge in [-0.25, -0.2) is 4.79 Å². The molecule has 3 amide bonds. The molecule has 0 aliphatic carbocycles. The zero-order chi connectivity index (χ0) is 14.7. The number of aliphatic hydroxyl groups is 1. The van der Waals surface area contributed by atoms with Crippen molar-refractivity contribution in [2.24, 2.45) is 0 Å². The third-order valence-electron chi connectivity index (χ3n) is 3.06. The lowest BCUT2D eigenvalue weighted by molar-refractivity contribution is -0.126. The van der Waals surface area contributed by atoms with Crippen LogP contribution in [0.5, 0.6) is 5.75 Å². The Balaban J connectivity index is 1.85. The number of urea groups is 1. The van der Waals surface area contributed by atoms with Gasteiger partial charge in [0.15, 0.2) is 0 Å².